The summed E-state index contributed by atoms with van der Waals surface area (Å²) >= 11 is 12.4. The molecule has 100 valence electrons. The van der Waals surface area contributed by atoms with Crippen LogP contribution in [0.5, 0.6) is 0 Å². The van der Waals surface area contributed by atoms with Crippen molar-refractivity contribution >= 4 is 34.0 Å². The van der Waals surface area contributed by atoms with Crippen molar-refractivity contribution in [1.82, 2.24) is 4.98 Å². The Bertz CT molecular complexity index is 848. The Kier molecular flexibility index (Phi) is 3.28. The number of H-pyrrole nitrogens is 1. The van der Waals surface area contributed by atoms with Crippen molar-refractivity contribution in [1.29, 1.82) is 0 Å². The van der Waals surface area contributed by atoms with E-state index >= 15 is 0 Å². The van der Waals surface area contributed by atoms with Crippen LogP contribution in [-0.4, -0.2) is 4.98 Å². The fourth-order valence-electron chi connectivity index (χ4n) is 2.33. The average Bonchev–Trinajstić information content (AvgIpc) is 2.40. The van der Waals surface area contributed by atoms with Crippen LogP contribution in [0.15, 0.2) is 47.3 Å². The van der Waals surface area contributed by atoms with Gasteiger partial charge in [-0.2, -0.15) is 0 Å². The van der Waals surface area contributed by atoms with Crippen LogP contribution in [0.3, 0.4) is 0 Å². The lowest BCUT2D eigenvalue weighted by Crippen LogP contribution is -2.08. The van der Waals surface area contributed by atoms with Crippen molar-refractivity contribution in [2.24, 2.45) is 0 Å². The van der Waals surface area contributed by atoms with Crippen molar-refractivity contribution in [3.8, 4) is 11.3 Å². The van der Waals surface area contributed by atoms with Gasteiger partial charge in [0.25, 0.3) is 5.56 Å². The van der Waals surface area contributed by atoms with E-state index in [1.165, 1.54) is 0 Å². The zero-order valence-electron chi connectivity index (χ0n) is 10.7. The number of pyridine rings is 1. The molecule has 4 heteroatoms. The molecular weight excluding hydrogens is 293 g/mol. The number of nitrogens with one attached hydrogen (secondary N) is 1. The summed E-state index contributed by atoms with van der Waals surface area (Å²) in [6.45, 7) is 1.97. The quantitative estimate of drug-likeness (QED) is 0.687. The summed E-state index contributed by atoms with van der Waals surface area (Å²) < 4.78 is 0. The average molecular weight is 304 g/mol. The van der Waals surface area contributed by atoms with Crippen LogP contribution in [-0.2, 0) is 0 Å². The van der Waals surface area contributed by atoms with Crippen LogP contribution >= 0.6 is 23.2 Å². The molecule has 0 bridgehead atoms. The molecule has 0 saturated carbocycles. The van der Waals surface area contributed by atoms with Gasteiger partial charge in [-0.05, 0) is 42.1 Å². The number of aromatic nitrogens is 1. The van der Waals surface area contributed by atoms with Crippen LogP contribution in [0.4, 0.5) is 0 Å². The van der Waals surface area contributed by atoms with Gasteiger partial charge in [0.1, 0.15) is 0 Å². The van der Waals surface area contributed by atoms with Crippen molar-refractivity contribution in [3.63, 3.8) is 0 Å². The molecule has 3 aromatic rings. The van der Waals surface area contributed by atoms with E-state index in [9.17, 15) is 4.79 Å². The van der Waals surface area contributed by atoms with Crippen molar-refractivity contribution in [2.45, 2.75) is 6.92 Å². The molecule has 0 aliphatic rings. The summed E-state index contributed by atoms with van der Waals surface area (Å²) in [4.78, 5) is 15.1. The minimum absolute atomic E-state index is 0.141. The molecule has 0 atom stereocenters. The highest BCUT2D eigenvalue weighted by Crippen LogP contribution is 2.34. The van der Waals surface area contributed by atoms with Crippen molar-refractivity contribution in [2.75, 3.05) is 0 Å². The number of halogens is 2. The lowest BCUT2D eigenvalue weighted by Gasteiger charge is -2.09. The predicted molar refractivity (Wildman–Crippen MR) is 84.8 cm³/mol. The predicted octanol–water partition coefficient (Wildman–Crippen LogP) is 4.81. The van der Waals surface area contributed by atoms with E-state index in [4.69, 9.17) is 23.2 Å². The number of rotatable bonds is 1. The Balaban J connectivity index is 2.39. The second-order valence-electron chi connectivity index (χ2n) is 4.64. The second-order valence-corrected chi connectivity index (χ2v) is 5.46. The number of hydrogen-bond acceptors (Lipinski definition) is 1. The molecule has 0 spiro atoms. The molecular formula is C16H11Cl2NO. The van der Waals surface area contributed by atoms with E-state index in [-0.39, 0.29) is 5.56 Å². The molecule has 0 aliphatic carbocycles. The summed E-state index contributed by atoms with van der Waals surface area (Å²) in [5, 5.41) is 2.60. The van der Waals surface area contributed by atoms with Gasteiger partial charge in [0.15, 0.2) is 0 Å². The summed E-state index contributed by atoms with van der Waals surface area (Å²) in [7, 11) is 0. The van der Waals surface area contributed by atoms with Crippen LogP contribution < -0.4 is 5.56 Å². The molecule has 2 nitrogen and oxygen atoms in total. The maximum absolute atomic E-state index is 12.2. The molecule has 0 fully saturated rings. The molecule has 20 heavy (non-hydrogen) atoms. The minimum Gasteiger partial charge on any atom is -0.321 e. The van der Waals surface area contributed by atoms with E-state index in [1.54, 1.807) is 24.3 Å². The second kappa shape index (κ2) is 4.97. The van der Waals surface area contributed by atoms with E-state index in [0.29, 0.717) is 26.7 Å². The Hall–Kier alpha value is -1.77. The van der Waals surface area contributed by atoms with E-state index in [2.05, 4.69) is 4.98 Å². The largest absolute Gasteiger partial charge is 0.321 e. The van der Waals surface area contributed by atoms with Gasteiger partial charge < -0.3 is 4.98 Å². The minimum atomic E-state index is -0.141. The van der Waals surface area contributed by atoms with Crippen molar-refractivity contribution < 1.29 is 0 Å². The monoisotopic (exact) mass is 303 g/mol. The normalized spacial score (nSPS) is 10.9. The first kappa shape index (κ1) is 13.2. The summed E-state index contributed by atoms with van der Waals surface area (Å²) in [5.41, 5.74) is 2.18. The Morgan fingerprint density at radius 2 is 1.60 bits per heavy atom. The maximum Gasteiger partial charge on any atom is 0.256 e. The molecule has 2 aromatic carbocycles. The van der Waals surface area contributed by atoms with Gasteiger partial charge in [-0.3, -0.25) is 4.79 Å². The molecule has 0 aliphatic heterocycles. The van der Waals surface area contributed by atoms with Gasteiger partial charge >= 0.3 is 0 Å². The lowest BCUT2D eigenvalue weighted by molar-refractivity contribution is 1.27. The van der Waals surface area contributed by atoms with Gasteiger partial charge in [0, 0.05) is 10.9 Å². The van der Waals surface area contributed by atoms with Crippen LogP contribution in [0.2, 0.25) is 10.0 Å². The molecule has 0 saturated heterocycles. The molecule has 1 aromatic heterocycles. The topological polar surface area (TPSA) is 32.9 Å². The summed E-state index contributed by atoms with van der Waals surface area (Å²) in [5.74, 6) is 0. The standard InChI is InChI=1S/C16H11Cl2NO/c1-9-4-2-5-10-11(9)8-14(19-16(10)20)15-12(17)6-3-7-13(15)18/h2-8H,1H3,(H,19,20). The van der Waals surface area contributed by atoms with Crippen LogP contribution in [0.25, 0.3) is 22.0 Å². The Morgan fingerprint density at radius 1 is 0.950 bits per heavy atom. The first-order valence-electron chi connectivity index (χ1n) is 6.15. The Morgan fingerprint density at radius 3 is 2.30 bits per heavy atom. The first-order valence-corrected chi connectivity index (χ1v) is 6.90. The highest BCUT2D eigenvalue weighted by molar-refractivity contribution is 6.39. The molecule has 1 N–H and O–H groups in total. The zero-order valence-corrected chi connectivity index (χ0v) is 12.2. The number of fused-ring (bicyclic) bond motifs is 1. The van der Waals surface area contributed by atoms with Crippen LogP contribution in [0.1, 0.15) is 5.56 Å². The van der Waals surface area contributed by atoms with Gasteiger partial charge in [-0.1, -0.05) is 41.4 Å². The van der Waals surface area contributed by atoms with E-state index < -0.39 is 0 Å². The van der Waals surface area contributed by atoms with E-state index in [0.717, 1.165) is 10.9 Å². The van der Waals surface area contributed by atoms with Crippen molar-refractivity contribution in [3.05, 3.63) is 68.4 Å². The number of aryl methyl sites for hydroxylation is 1. The third-order valence-electron chi connectivity index (χ3n) is 3.34. The van der Waals surface area contributed by atoms with Gasteiger partial charge in [0.2, 0.25) is 0 Å². The molecule has 0 amide bonds. The number of benzene rings is 2. The fourth-order valence-corrected chi connectivity index (χ4v) is 2.93. The third-order valence-corrected chi connectivity index (χ3v) is 3.97. The lowest BCUT2D eigenvalue weighted by atomic mass is 10.0. The molecule has 1 heterocycles. The summed E-state index contributed by atoms with van der Waals surface area (Å²) in [6.07, 6.45) is 0. The molecule has 0 radical (unpaired) electrons. The maximum atomic E-state index is 12.2. The molecule has 0 unspecified atom stereocenters. The van der Waals surface area contributed by atoms with Gasteiger partial charge in [-0.25, -0.2) is 0 Å². The number of aromatic amines is 1. The number of hydrogen-bond donors (Lipinski definition) is 1. The molecule has 3 rings (SSSR count). The Labute approximate surface area is 126 Å². The highest BCUT2D eigenvalue weighted by Gasteiger charge is 2.11. The van der Waals surface area contributed by atoms with Crippen LogP contribution in [0, 0.1) is 6.92 Å². The summed E-state index contributed by atoms with van der Waals surface area (Å²) in [6, 6.07) is 12.8. The van der Waals surface area contributed by atoms with E-state index in [1.807, 2.05) is 25.1 Å². The highest BCUT2D eigenvalue weighted by atomic mass is 35.5. The SMILES string of the molecule is Cc1cccc2c(=O)[nH]c(-c3c(Cl)cccc3Cl)cc12. The van der Waals surface area contributed by atoms with Gasteiger partial charge in [-0.15, -0.1) is 0 Å². The first-order chi connectivity index (χ1) is 9.58. The zero-order chi connectivity index (χ0) is 14.3. The smallest absolute Gasteiger partial charge is 0.256 e. The van der Waals surface area contributed by atoms with Gasteiger partial charge in [0.05, 0.1) is 15.7 Å². The fraction of sp³-hybridized carbons (Fsp3) is 0.0625. The third kappa shape index (κ3) is 2.11.